The molecular formula is C16H18F5NO3. The van der Waals surface area contributed by atoms with Crippen molar-refractivity contribution in [2.24, 2.45) is 5.41 Å². The van der Waals surface area contributed by atoms with Gasteiger partial charge in [-0.2, -0.15) is 0 Å². The van der Waals surface area contributed by atoms with E-state index in [4.69, 9.17) is 0 Å². The Kier molecular flexibility index (Phi) is 3.11. The van der Waals surface area contributed by atoms with E-state index < -0.39 is 72.1 Å². The molecule has 2 bridgehead atoms. The molecule has 5 rings (SSSR count). The van der Waals surface area contributed by atoms with Crippen LogP contribution < -0.4 is 0 Å². The van der Waals surface area contributed by atoms with Crippen molar-refractivity contribution in [1.29, 1.82) is 0 Å². The number of halogens is 5. The molecule has 140 valence electrons. The number of likely N-dealkylation sites (tertiary alicyclic amines) is 1. The number of carbonyl (C=O) groups is 2. The van der Waals surface area contributed by atoms with E-state index in [1.54, 1.807) is 0 Å². The van der Waals surface area contributed by atoms with Crippen LogP contribution in [0.15, 0.2) is 0 Å². The van der Waals surface area contributed by atoms with Gasteiger partial charge in [0, 0.05) is 19.3 Å². The lowest BCUT2D eigenvalue weighted by Crippen LogP contribution is -2.65. The summed E-state index contributed by atoms with van der Waals surface area (Å²) in [5.74, 6) is -9.28. The maximum Gasteiger partial charge on any atom is 0.292 e. The smallest absolute Gasteiger partial charge is 0.292 e. The molecule has 4 nitrogen and oxygen atoms in total. The second-order valence-electron chi connectivity index (χ2n) is 8.47. The number of amides is 1. The Morgan fingerprint density at radius 1 is 1.00 bits per heavy atom. The van der Waals surface area contributed by atoms with Crippen LogP contribution in [0.5, 0.6) is 0 Å². The molecule has 0 aromatic carbocycles. The third kappa shape index (κ3) is 2.27. The van der Waals surface area contributed by atoms with Crippen LogP contribution in [-0.2, 0) is 9.59 Å². The van der Waals surface area contributed by atoms with Crippen molar-refractivity contribution in [1.82, 2.24) is 4.90 Å². The van der Waals surface area contributed by atoms with Crippen LogP contribution in [-0.4, -0.2) is 57.4 Å². The van der Waals surface area contributed by atoms with E-state index in [0.29, 0.717) is 4.90 Å². The molecular weight excluding hydrogens is 349 g/mol. The van der Waals surface area contributed by atoms with Crippen LogP contribution >= 0.6 is 0 Å². The second kappa shape index (κ2) is 4.53. The van der Waals surface area contributed by atoms with E-state index in [9.17, 15) is 36.6 Å². The Morgan fingerprint density at radius 2 is 1.60 bits per heavy atom. The van der Waals surface area contributed by atoms with Crippen LogP contribution in [0.1, 0.15) is 44.9 Å². The van der Waals surface area contributed by atoms with Gasteiger partial charge < -0.3 is 10.0 Å². The van der Waals surface area contributed by atoms with Crippen molar-refractivity contribution < 1.29 is 36.6 Å². The van der Waals surface area contributed by atoms with E-state index in [2.05, 4.69) is 0 Å². The Balaban J connectivity index is 1.55. The van der Waals surface area contributed by atoms with E-state index in [1.165, 1.54) is 0 Å². The average Bonchev–Trinajstić information content (AvgIpc) is 2.85. The van der Waals surface area contributed by atoms with Gasteiger partial charge in [-0.1, -0.05) is 0 Å². The molecule has 25 heavy (non-hydrogen) atoms. The molecule has 0 aromatic heterocycles. The summed E-state index contributed by atoms with van der Waals surface area (Å²) in [4.78, 5) is 25.2. The molecule has 1 heterocycles. The first-order valence-electron chi connectivity index (χ1n) is 8.30. The molecule has 1 saturated heterocycles. The van der Waals surface area contributed by atoms with E-state index in [1.807, 2.05) is 0 Å². The Labute approximate surface area is 140 Å². The molecule has 5 aliphatic rings. The molecule has 0 unspecified atom stereocenters. The van der Waals surface area contributed by atoms with Gasteiger partial charge in [-0.25, -0.2) is 22.0 Å². The molecule has 1 amide bonds. The van der Waals surface area contributed by atoms with Crippen LogP contribution in [0.25, 0.3) is 0 Å². The third-order valence-corrected chi connectivity index (χ3v) is 6.40. The number of nitrogens with zero attached hydrogens (tertiary/aromatic N) is 1. The zero-order chi connectivity index (χ0) is 18.5. The SMILES string of the molecule is O=C(CC12CC(F)(C1)C2)C(=O)N1CC(F)(F)[C@H](O)[C@]12CCC(F)(F)C2. The summed E-state index contributed by atoms with van der Waals surface area (Å²) in [7, 11) is 0. The fourth-order valence-electron chi connectivity index (χ4n) is 5.37. The van der Waals surface area contributed by atoms with Crippen LogP contribution in [0, 0.1) is 5.41 Å². The van der Waals surface area contributed by atoms with E-state index >= 15 is 0 Å². The quantitative estimate of drug-likeness (QED) is 0.615. The lowest BCUT2D eigenvalue weighted by atomic mass is 9.41. The minimum Gasteiger partial charge on any atom is -0.384 e. The number of Topliss-reactive ketones (excluding diaryl/α,β-unsaturated/α-hetero) is 1. The number of rotatable bonds is 3. The van der Waals surface area contributed by atoms with Crippen LogP contribution in [0.2, 0.25) is 0 Å². The number of aliphatic hydroxyl groups is 1. The molecule has 5 fully saturated rings. The predicted octanol–water partition coefficient (Wildman–Crippen LogP) is 2.23. The van der Waals surface area contributed by atoms with E-state index in [-0.39, 0.29) is 25.7 Å². The summed E-state index contributed by atoms with van der Waals surface area (Å²) in [6.07, 6.45) is -4.50. The summed E-state index contributed by atoms with van der Waals surface area (Å²) in [6.45, 7) is -1.26. The van der Waals surface area contributed by atoms with Crippen molar-refractivity contribution in [3.8, 4) is 0 Å². The molecule has 4 saturated carbocycles. The van der Waals surface area contributed by atoms with Gasteiger partial charge in [0.25, 0.3) is 17.8 Å². The molecule has 9 heteroatoms. The fraction of sp³-hybridized carbons (Fsp3) is 0.875. The minimum absolute atomic E-state index is 0.168. The highest BCUT2D eigenvalue weighted by Crippen LogP contribution is 2.71. The van der Waals surface area contributed by atoms with Gasteiger partial charge in [0.2, 0.25) is 5.78 Å². The summed E-state index contributed by atoms with van der Waals surface area (Å²) in [5.41, 5.74) is -3.98. The molecule has 2 atom stereocenters. The summed E-state index contributed by atoms with van der Waals surface area (Å²) in [6, 6.07) is 0. The summed E-state index contributed by atoms with van der Waals surface area (Å²) >= 11 is 0. The molecule has 1 N–H and O–H groups in total. The highest BCUT2D eigenvalue weighted by atomic mass is 19.3. The highest BCUT2D eigenvalue weighted by molar-refractivity contribution is 6.36. The molecule has 0 radical (unpaired) electrons. The standard InChI is InChI=1S/C16H18F5NO3/c17-13-4-12(5-13,6-13)3-9(23)10(24)22-8-16(20,21)11(25)14(22)1-2-15(18,19)7-14/h11,25H,1-8H2/t11-,12?,13?,14-/m1/s1. The monoisotopic (exact) mass is 367 g/mol. The average molecular weight is 367 g/mol. The Bertz CT molecular complexity index is 646. The van der Waals surface area contributed by atoms with Crippen molar-refractivity contribution in [3.05, 3.63) is 0 Å². The number of alkyl halides is 5. The number of carbonyl (C=O) groups excluding carboxylic acids is 2. The van der Waals surface area contributed by atoms with Gasteiger partial charge in [0.05, 0.1) is 12.1 Å². The lowest BCUT2D eigenvalue weighted by Gasteiger charge is -2.65. The zero-order valence-corrected chi connectivity index (χ0v) is 13.3. The van der Waals surface area contributed by atoms with Crippen LogP contribution in [0.4, 0.5) is 22.0 Å². The Hall–Kier alpha value is -1.25. The number of hydrogen-bond donors (Lipinski definition) is 1. The van der Waals surface area contributed by atoms with Gasteiger partial charge in [-0.05, 0) is 31.1 Å². The van der Waals surface area contributed by atoms with Crippen molar-refractivity contribution in [3.63, 3.8) is 0 Å². The maximum atomic E-state index is 14.0. The van der Waals surface area contributed by atoms with E-state index in [0.717, 1.165) is 0 Å². The first-order valence-corrected chi connectivity index (χ1v) is 8.30. The topological polar surface area (TPSA) is 57.6 Å². The predicted molar refractivity (Wildman–Crippen MR) is 73.9 cm³/mol. The molecule has 0 aromatic rings. The fourth-order valence-corrected chi connectivity index (χ4v) is 5.37. The molecule has 1 spiro atoms. The van der Waals surface area contributed by atoms with Gasteiger partial charge in [-0.15, -0.1) is 0 Å². The van der Waals surface area contributed by atoms with Gasteiger partial charge >= 0.3 is 0 Å². The van der Waals surface area contributed by atoms with Gasteiger partial charge in [0.15, 0.2) is 0 Å². The number of aliphatic hydroxyl groups excluding tert-OH is 1. The Morgan fingerprint density at radius 3 is 2.08 bits per heavy atom. The first kappa shape index (κ1) is 17.2. The summed E-state index contributed by atoms with van der Waals surface area (Å²) < 4.78 is 68.8. The van der Waals surface area contributed by atoms with Crippen LogP contribution in [0.3, 0.4) is 0 Å². The molecule has 4 aliphatic carbocycles. The third-order valence-electron chi connectivity index (χ3n) is 6.40. The number of ketones is 1. The lowest BCUT2D eigenvalue weighted by molar-refractivity contribution is -0.216. The van der Waals surface area contributed by atoms with Gasteiger partial charge in [0.1, 0.15) is 11.8 Å². The van der Waals surface area contributed by atoms with Crippen molar-refractivity contribution >= 4 is 11.7 Å². The highest BCUT2D eigenvalue weighted by Gasteiger charge is 2.71. The first-order chi connectivity index (χ1) is 11.3. The molecule has 1 aliphatic heterocycles. The van der Waals surface area contributed by atoms with Crippen molar-refractivity contribution in [2.45, 2.75) is 74.1 Å². The zero-order valence-electron chi connectivity index (χ0n) is 13.3. The van der Waals surface area contributed by atoms with Gasteiger partial charge in [-0.3, -0.25) is 9.59 Å². The second-order valence-corrected chi connectivity index (χ2v) is 8.47. The van der Waals surface area contributed by atoms with Crippen molar-refractivity contribution in [2.75, 3.05) is 6.54 Å². The normalized spacial score (nSPS) is 46.0. The largest absolute Gasteiger partial charge is 0.384 e. The number of hydrogen-bond acceptors (Lipinski definition) is 3. The minimum atomic E-state index is -3.75. The maximum absolute atomic E-state index is 14.0. The summed E-state index contributed by atoms with van der Waals surface area (Å²) in [5, 5.41) is 9.93.